The summed E-state index contributed by atoms with van der Waals surface area (Å²) in [7, 11) is 0. The highest BCUT2D eigenvalue weighted by Gasteiger charge is 2.13. The lowest BCUT2D eigenvalue weighted by molar-refractivity contribution is 0.257. The van der Waals surface area contributed by atoms with Gasteiger partial charge in [-0.3, -0.25) is 4.90 Å². The van der Waals surface area contributed by atoms with Gasteiger partial charge < -0.3 is 5.32 Å². The van der Waals surface area contributed by atoms with E-state index in [2.05, 4.69) is 5.32 Å². The summed E-state index contributed by atoms with van der Waals surface area (Å²) in [5.41, 5.74) is 1.25. The standard InChI is InChI=1S/C15H15FN2O/c1-2-18(14-9-4-3-5-10-14)15(19)17-13-8-6-7-12(16)11-13/h3-11H,2H2,1H3,(H,17,19). The topological polar surface area (TPSA) is 32.3 Å². The van der Waals surface area contributed by atoms with Gasteiger partial charge in [-0.15, -0.1) is 0 Å². The molecule has 19 heavy (non-hydrogen) atoms. The van der Waals surface area contributed by atoms with Gasteiger partial charge in [0, 0.05) is 17.9 Å². The van der Waals surface area contributed by atoms with Crippen LogP contribution >= 0.6 is 0 Å². The fourth-order valence-electron chi connectivity index (χ4n) is 1.81. The number of rotatable bonds is 3. The molecule has 3 nitrogen and oxygen atoms in total. The lowest BCUT2D eigenvalue weighted by Crippen LogP contribution is -2.34. The maximum atomic E-state index is 13.1. The van der Waals surface area contributed by atoms with Crippen LogP contribution < -0.4 is 10.2 Å². The predicted molar refractivity (Wildman–Crippen MR) is 74.9 cm³/mol. The highest BCUT2D eigenvalue weighted by atomic mass is 19.1. The number of hydrogen-bond donors (Lipinski definition) is 1. The number of hydrogen-bond acceptors (Lipinski definition) is 1. The molecular weight excluding hydrogens is 243 g/mol. The van der Waals surface area contributed by atoms with Crippen molar-refractivity contribution in [3.63, 3.8) is 0 Å². The highest BCUT2D eigenvalue weighted by Crippen LogP contribution is 2.16. The maximum Gasteiger partial charge on any atom is 0.326 e. The Bertz CT molecular complexity index is 557. The van der Waals surface area contributed by atoms with Crippen molar-refractivity contribution in [2.24, 2.45) is 0 Å². The molecule has 0 aromatic heterocycles. The minimum Gasteiger partial charge on any atom is -0.307 e. The molecule has 2 rings (SSSR count). The number of anilines is 2. The van der Waals surface area contributed by atoms with Gasteiger partial charge in [-0.25, -0.2) is 9.18 Å². The van der Waals surface area contributed by atoms with Crippen LogP contribution in [0.5, 0.6) is 0 Å². The van der Waals surface area contributed by atoms with E-state index in [1.165, 1.54) is 12.1 Å². The molecule has 0 atom stereocenters. The molecule has 4 heteroatoms. The summed E-state index contributed by atoms with van der Waals surface area (Å²) < 4.78 is 13.1. The smallest absolute Gasteiger partial charge is 0.307 e. The second kappa shape index (κ2) is 6.00. The number of amides is 2. The molecule has 0 aliphatic heterocycles. The summed E-state index contributed by atoms with van der Waals surface area (Å²) in [5, 5.41) is 2.68. The average Bonchev–Trinajstić information content (AvgIpc) is 2.41. The maximum absolute atomic E-state index is 13.1. The van der Waals surface area contributed by atoms with E-state index in [-0.39, 0.29) is 11.8 Å². The lowest BCUT2D eigenvalue weighted by Gasteiger charge is -2.21. The van der Waals surface area contributed by atoms with Crippen LogP contribution in [0.3, 0.4) is 0 Å². The number of nitrogens with zero attached hydrogens (tertiary/aromatic N) is 1. The summed E-state index contributed by atoms with van der Waals surface area (Å²) >= 11 is 0. The molecule has 2 aromatic rings. The Morgan fingerprint density at radius 2 is 1.89 bits per heavy atom. The monoisotopic (exact) mass is 258 g/mol. The number of carbonyl (C=O) groups excluding carboxylic acids is 1. The van der Waals surface area contributed by atoms with Crippen LogP contribution in [-0.4, -0.2) is 12.6 Å². The molecule has 0 radical (unpaired) electrons. The van der Waals surface area contributed by atoms with Crippen LogP contribution in [0, 0.1) is 5.82 Å². The number of nitrogens with one attached hydrogen (secondary N) is 1. The van der Waals surface area contributed by atoms with E-state index in [0.29, 0.717) is 12.2 Å². The first-order chi connectivity index (χ1) is 9.20. The third-order valence-corrected chi connectivity index (χ3v) is 2.71. The van der Waals surface area contributed by atoms with Crippen molar-refractivity contribution in [2.45, 2.75) is 6.92 Å². The Morgan fingerprint density at radius 3 is 2.53 bits per heavy atom. The van der Waals surface area contributed by atoms with Crippen molar-refractivity contribution in [2.75, 3.05) is 16.8 Å². The summed E-state index contributed by atoms with van der Waals surface area (Å²) in [6.45, 7) is 2.42. The van der Waals surface area contributed by atoms with E-state index < -0.39 is 0 Å². The minimum absolute atomic E-state index is 0.278. The molecule has 0 saturated carbocycles. The van der Waals surface area contributed by atoms with E-state index in [0.717, 1.165) is 5.69 Å². The Balaban J connectivity index is 2.14. The normalized spacial score (nSPS) is 10.0. The molecule has 0 fully saturated rings. The molecule has 2 amide bonds. The van der Waals surface area contributed by atoms with Gasteiger partial charge in [-0.1, -0.05) is 24.3 Å². The van der Waals surface area contributed by atoms with Crippen molar-refractivity contribution < 1.29 is 9.18 Å². The summed E-state index contributed by atoms with van der Waals surface area (Å²) in [6, 6.07) is 14.9. The third-order valence-electron chi connectivity index (χ3n) is 2.71. The van der Waals surface area contributed by atoms with E-state index >= 15 is 0 Å². The molecule has 0 spiro atoms. The van der Waals surface area contributed by atoms with Crippen molar-refractivity contribution in [1.29, 1.82) is 0 Å². The summed E-state index contributed by atoms with van der Waals surface area (Å²) in [5.74, 6) is -0.374. The Morgan fingerprint density at radius 1 is 1.16 bits per heavy atom. The first kappa shape index (κ1) is 13.1. The van der Waals surface area contributed by atoms with Crippen molar-refractivity contribution >= 4 is 17.4 Å². The fraction of sp³-hybridized carbons (Fsp3) is 0.133. The molecule has 0 heterocycles. The SMILES string of the molecule is CCN(C(=O)Nc1cccc(F)c1)c1ccccc1. The Labute approximate surface area is 111 Å². The van der Waals surface area contributed by atoms with Crippen LogP contribution in [0.1, 0.15) is 6.92 Å². The van der Waals surface area contributed by atoms with E-state index in [9.17, 15) is 9.18 Å². The van der Waals surface area contributed by atoms with Crippen LogP contribution in [0.4, 0.5) is 20.6 Å². The van der Waals surface area contributed by atoms with Gasteiger partial charge >= 0.3 is 6.03 Å². The molecule has 1 N–H and O–H groups in total. The van der Waals surface area contributed by atoms with Gasteiger partial charge in [0.1, 0.15) is 5.82 Å². The molecule has 0 unspecified atom stereocenters. The lowest BCUT2D eigenvalue weighted by atomic mass is 10.3. The molecule has 0 aliphatic carbocycles. The highest BCUT2D eigenvalue weighted by molar-refractivity contribution is 6.01. The molecule has 2 aromatic carbocycles. The fourth-order valence-corrected chi connectivity index (χ4v) is 1.81. The zero-order valence-electron chi connectivity index (χ0n) is 10.6. The minimum atomic E-state index is -0.374. The number of para-hydroxylation sites is 1. The van der Waals surface area contributed by atoms with Gasteiger partial charge in [0.25, 0.3) is 0 Å². The number of carbonyl (C=O) groups is 1. The van der Waals surface area contributed by atoms with E-state index in [1.807, 2.05) is 37.3 Å². The summed E-state index contributed by atoms with van der Waals surface area (Å²) in [6.07, 6.45) is 0. The zero-order chi connectivity index (χ0) is 13.7. The van der Waals surface area contributed by atoms with Crippen LogP contribution in [-0.2, 0) is 0 Å². The second-order valence-electron chi connectivity index (χ2n) is 4.02. The van der Waals surface area contributed by atoms with Gasteiger partial charge in [-0.05, 0) is 37.3 Å². The first-order valence-electron chi connectivity index (χ1n) is 6.10. The third kappa shape index (κ3) is 3.31. The van der Waals surface area contributed by atoms with Crippen LogP contribution in [0.15, 0.2) is 54.6 Å². The molecule has 0 aliphatic rings. The quantitative estimate of drug-likeness (QED) is 0.890. The number of halogens is 1. The average molecular weight is 258 g/mol. The molecule has 0 saturated heterocycles. The van der Waals surface area contributed by atoms with E-state index in [4.69, 9.17) is 0 Å². The Hall–Kier alpha value is -2.36. The van der Waals surface area contributed by atoms with Gasteiger partial charge in [0.2, 0.25) is 0 Å². The largest absolute Gasteiger partial charge is 0.326 e. The second-order valence-corrected chi connectivity index (χ2v) is 4.02. The van der Waals surface area contributed by atoms with Gasteiger partial charge in [-0.2, -0.15) is 0 Å². The molecule has 0 bridgehead atoms. The zero-order valence-corrected chi connectivity index (χ0v) is 10.6. The van der Waals surface area contributed by atoms with Crippen LogP contribution in [0.2, 0.25) is 0 Å². The van der Waals surface area contributed by atoms with Crippen LogP contribution in [0.25, 0.3) is 0 Å². The van der Waals surface area contributed by atoms with Crippen molar-refractivity contribution in [1.82, 2.24) is 0 Å². The molecule has 98 valence electrons. The first-order valence-corrected chi connectivity index (χ1v) is 6.10. The number of urea groups is 1. The van der Waals surface area contributed by atoms with Gasteiger partial charge in [0.15, 0.2) is 0 Å². The Kier molecular flexibility index (Phi) is 4.13. The predicted octanol–water partition coefficient (Wildman–Crippen LogP) is 3.88. The van der Waals surface area contributed by atoms with Crippen molar-refractivity contribution in [3.8, 4) is 0 Å². The molecular formula is C15H15FN2O. The van der Waals surface area contributed by atoms with Gasteiger partial charge in [0.05, 0.1) is 0 Å². The van der Waals surface area contributed by atoms with Crippen molar-refractivity contribution in [3.05, 3.63) is 60.4 Å². The van der Waals surface area contributed by atoms with E-state index in [1.54, 1.807) is 17.0 Å². The summed E-state index contributed by atoms with van der Waals surface area (Å²) in [4.78, 5) is 13.7. The number of benzene rings is 2.